The predicted molar refractivity (Wildman–Crippen MR) is 325 cm³/mol. The maximum Gasteiger partial charge on any atom is 0.410 e. The van der Waals surface area contributed by atoms with Crippen molar-refractivity contribution >= 4 is 63.5 Å². The van der Waals surface area contributed by atoms with Gasteiger partial charge < -0.3 is 44.5 Å². The van der Waals surface area contributed by atoms with E-state index in [2.05, 4.69) is 66.9 Å². The third kappa shape index (κ3) is 14.3. The molecule has 6 aromatic heterocycles. The summed E-state index contributed by atoms with van der Waals surface area (Å²) in [6.07, 6.45) is 4.77. The first-order valence-electron chi connectivity index (χ1n) is 28.3. The minimum Gasteiger partial charge on any atom is -0.497 e. The van der Waals surface area contributed by atoms with Crippen molar-refractivity contribution in [2.24, 2.45) is 0 Å². The number of methoxy groups -OCH3 is 2. The molecule has 87 heavy (non-hydrogen) atoms. The van der Waals surface area contributed by atoms with Crippen LogP contribution in [0.15, 0.2) is 122 Å². The second-order valence-electron chi connectivity index (χ2n) is 21.8. The Morgan fingerprint density at radius 3 is 1.47 bits per heavy atom. The van der Waals surface area contributed by atoms with Gasteiger partial charge in [0.2, 0.25) is 11.9 Å². The molecule has 0 radical (unpaired) electrons. The maximum atomic E-state index is 12.7. The van der Waals surface area contributed by atoms with Gasteiger partial charge in [0.1, 0.15) is 62.5 Å². The lowest BCUT2D eigenvalue weighted by Crippen LogP contribution is -2.36. The van der Waals surface area contributed by atoms with Gasteiger partial charge in [0.25, 0.3) is 11.8 Å². The van der Waals surface area contributed by atoms with Gasteiger partial charge in [-0.25, -0.2) is 24.1 Å². The summed E-state index contributed by atoms with van der Waals surface area (Å²) in [7, 11) is 3.28. The number of fused-ring (bicyclic) bond motifs is 2. The van der Waals surface area contributed by atoms with E-state index in [1.807, 2.05) is 84.7 Å². The van der Waals surface area contributed by atoms with Gasteiger partial charge in [0.05, 0.1) is 27.3 Å². The number of ether oxygens (including phenoxy) is 5. The zero-order valence-electron chi connectivity index (χ0n) is 49.0. The number of nitrogens with one attached hydrogen (secondary N) is 7. The number of benzene rings is 4. The second-order valence-corrected chi connectivity index (χ2v) is 21.8. The van der Waals surface area contributed by atoms with Crippen LogP contribution in [0.25, 0.3) is 22.1 Å². The summed E-state index contributed by atoms with van der Waals surface area (Å²) in [5.41, 5.74) is 3.72. The lowest BCUT2D eigenvalue weighted by molar-refractivity contribution is 0.0293. The molecular formula is C61H66N18O8. The van der Waals surface area contributed by atoms with Gasteiger partial charge in [-0.15, -0.1) is 10.2 Å². The van der Waals surface area contributed by atoms with Crippen molar-refractivity contribution in [3.63, 3.8) is 0 Å². The monoisotopic (exact) mass is 1180 g/mol. The zero-order valence-corrected chi connectivity index (χ0v) is 49.0. The normalized spacial score (nSPS) is 14.7. The highest BCUT2D eigenvalue weighted by Crippen LogP contribution is 2.37. The highest BCUT2D eigenvalue weighted by Gasteiger charge is 2.32. The molecule has 3 amide bonds. The molecule has 2 aliphatic rings. The van der Waals surface area contributed by atoms with Crippen molar-refractivity contribution in [3.05, 3.63) is 155 Å². The lowest BCUT2D eigenvalue weighted by Gasteiger charge is -2.24. The number of rotatable bonds is 18. The zero-order chi connectivity index (χ0) is 60.6. The van der Waals surface area contributed by atoms with Crippen LogP contribution in [0, 0.1) is 13.8 Å². The SMILES string of the molecule is COc1ccc(Cn2nc(N[C@@H]3CCN(C(=O)OC(C)(C)C)C3)c3c(Oc4ccc(C(=O)Nc5n[nH]c(C)n5)cc4)ccnc32)cc1.COc1ccc(Cn2nc(N[C@@H]3CCNC3)c3c(Oc4ccc(C(=O)Nc5n[nH]c(C)n5)cc4)ccnc32)cc1. The molecule has 2 saturated heterocycles. The Balaban J connectivity index is 0.000000182. The van der Waals surface area contributed by atoms with Crippen molar-refractivity contribution in [1.82, 2.24) is 70.1 Å². The van der Waals surface area contributed by atoms with Crippen molar-refractivity contribution in [3.8, 4) is 34.5 Å². The van der Waals surface area contributed by atoms with Crippen molar-refractivity contribution in [2.45, 2.75) is 78.2 Å². The summed E-state index contributed by atoms with van der Waals surface area (Å²) in [6.45, 7) is 12.9. The number of amides is 3. The van der Waals surface area contributed by atoms with E-state index in [1.165, 1.54) is 0 Å². The molecule has 0 bridgehead atoms. The first kappa shape index (κ1) is 58.2. The average Bonchev–Trinajstić information content (AvgIpc) is 2.31. The Kier molecular flexibility index (Phi) is 17.2. The van der Waals surface area contributed by atoms with Crippen LogP contribution in [0.4, 0.5) is 28.3 Å². The molecule has 12 rings (SSSR count). The third-order valence-corrected chi connectivity index (χ3v) is 14.1. The van der Waals surface area contributed by atoms with Gasteiger partial charge >= 0.3 is 6.09 Å². The van der Waals surface area contributed by atoms with E-state index in [4.69, 9.17) is 33.9 Å². The van der Waals surface area contributed by atoms with Crippen molar-refractivity contribution < 1.29 is 38.1 Å². The molecule has 0 saturated carbocycles. The Morgan fingerprint density at radius 1 is 0.598 bits per heavy atom. The van der Waals surface area contributed by atoms with Crippen molar-refractivity contribution in [1.29, 1.82) is 0 Å². The first-order chi connectivity index (χ1) is 42.1. The number of nitrogens with zero attached hydrogens (tertiary/aromatic N) is 11. The molecule has 2 aliphatic heterocycles. The van der Waals surface area contributed by atoms with E-state index in [0.717, 1.165) is 59.8 Å². The number of H-pyrrole nitrogens is 2. The molecule has 0 spiro atoms. The molecular weight excluding hydrogens is 1110 g/mol. The van der Waals surface area contributed by atoms with E-state index in [0.29, 0.717) is 94.5 Å². The lowest BCUT2D eigenvalue weighted by atomic mass is 10.2. The van der Waals surface area contributed by atoms with Crippen LogP contribution in [-0.2, 0) is 17.8 Å². The number of aromatic nitrogens is 12. The first-order valence-corrected chi connectivity index (χ1v) is 28.3. The van der Waals surface area contributed by atoms with Gasteiger partial charge in [-0.1, -0.05) is 24.3 Å². The van der Waals surface area contributed by atoms with Crippen LogP contribution in [0.1, 0.15) is 77.1 Å². The molecule has 0 unspecified atom stereocenters. The van der Waals surface area contributed by atoms with E-state index in [-0.39, 0.29) is 41.9 Å². The van der Waals surface area contributed by atoms with Crippen LogP contribution < -0.4 is 45.5 Å². The van der Waals surface area contributed by atoms with E-state index < -0.39 is 5.60 Å². The number of aryl methyl sites for hydroxylation is 2. The Hall–Kier alpha value is -10.6. The highest BCUT2D eigenvalue weighted by atomic mass is 16.6. The fourth-order valence-electron chi connectivity index (χ4n) is 9.82. The third-order valence-electron chi connectivity index (χ3n) is 14.1. The second kappa shape index (κ2) is 25.7. The summed E-state index contributed by atoms with van der Waals surface area (Å²) >= 11 is 0. The number of carbonyl (C=O) groups is 3. The number of anilines is 4. The van der Waals surface area contributed by atoms with Gasteiger partial charge in [-0.05, 0) is 138 Å². The van der Waals surface area contributed by atoms with E-state index in [9.17, 15) is 14.4 Å². The summed E-state index contributed by atoms with van der Waals surface area (Å²) in [6, 6.07) is 33.1. The molecule has 0 aliphatic carbocycles. The number of likely N-dealkylation sites (tertiary alicyclic amines) is 1. The van der Waals surface area contributed by atoms with Crippen LogP contribution in [0.3, 0.4) is 0 Å². The van der Waals surface area contributed by atoms with Crippen LogP contribution >= 0.6 is 0 Å². The van der Waals surface area contributed by atoms with Gasteiger partial charge in [-0.2, -0.15) is 20.2 Å². The minimum absolute atomic E-state index is 0.0614. The van der Waals surface area contributed by atoms with Crippen LogP contribution in [0.2, 0.25) is 0 Å². The fourth-order valence-corrected chi connectivity index (χ4v) is 9.82. The molecule has 8 heterocycles. The number of hydrogen-bond donors (Lipinski definition) is 7. The summed E-state index contributed by atoms with van der Waals surface area (Å²) < 4.78 is 32.6. The fraction of sp³-hybridized carbons (Fsp3) is 0.295. The topological polar surface area (TPSA) is 305 Å². The molecule has 10 aromatic rings. The van der Waals surface area contributed by atoms with Gasteiger partial charge in [0.15, 0.2) is 22.9 Å². The number of aromatic amines is 2. The molecule has 26 nitrogen and oxygen atoms in total. The average molecular weight is 1180 g/mol. The van der Waals surface area contributed by atoms with Gasteiger partial charge in [-0.3, -0.25) is 30.4 Å². The molecule has 2 fully saturated rings. The molecule has 448 valence electrons. The summed E-state index contributed by atoms with van der Waals surface area (Å²) in [4.78, 5) is 57.2. The number of pyridine rings is 2. The standard InChI is InChI=1S/C33H37N9O5.C28H29N9O3/c1-20-35-31(39-38-20)37-30(43)22-8-12-25(13-9-22)46-26-14-16-34-29-27(26)28(40-42(29)18-21-6-10-24(45-5)11-7-21)36-23-15-17-41(19-23)32(44)47-33(2,3)4;1-17-31-28(35-34-17)33-27(38)19-5-9-22(10-6-19)40-23-12-14-30-26-24(23)25(32-20-11-13-29-15-20)36-37(26)16-18-3-7-21(39-2)8-4-18/h6-14,16,23H,15,17-19H2,1-5H3,(H,36,40)(H2,35,37,38,39,43);3-10,12,14,20,29H,11,13,15-16H2,1-2H3,(H,32,36)(H2,31,33,34,35,38)/t23-;20-/m11/s1. The molecule has 26 heteroatoms. The van der Waals surface area contributed by atoms with Crippen LogP contribution in [-0.4, -0.2) is 141 Å². The number of hydrogen-bond acceptors (Lipinski definition) is 19. The van der Waals surface area contributed by atoms with E-state index >= 15 is 0 Å². The Bertz CT molecular complexity index is 4020. The van der Waals surface area contributed by atoms with Crippen LogP contribution in [0.5, 0.6) is 34.5 Å². The minimum atomic E-state index is -0.575. The predicted octanol–water partition coefficient (Wildman–Crippen LogP) is 9.11. The smallest absolute Gasteiger partial charge is 0.410 e. The molecule has 7 N–H and O–H groups in total. The molecule has 4 aromatic carbocycles. The summed E-state index contributed by atoms with van der Waals surface area (Å²) in [5, 5.41) is 40.5. The quantitative estimate of drug-likeness (QED) is 0.0421. The molecule has 2 atom stereocenters. The Morgan fingerprint density at radius 2 is 1.06 bits per heavy atom. The summed E-state index contributed by atoms with van der Waals surface area (Å²) in [5.74, 6) is 6.13. The largest absolute Gasteiger partial charge is 0.497 e. The number of carbonyl (C=O) groups excluding carboxylic acids is 3. The highest BCUT2D eigenvalue weighted by molar-refractivity contribution is 6.04. The van der Waals surface area contributed by atoms with Gasteiger partial charge in [0, 0.05) is 67.4 Å². The maximum absolute atomic E-state index is 12.7. The Labute approximate surface area is 499 Å². The van der Waals surface area contributed by atoms with E-state index in [1.54, 1.807) is 100.0 Å². The van der Waals surface area contributed by atoms with Crippen molar-refractivity contribution in [2.75, 3.05) is 61.7 Å².